The number of amides is 1. The van der Waals surface area contributed by atoms with Gasteiger partial charge in [0.2, 0.25) is 5.91 Å². The van der Waals surface area contributed by atoms with Crippen LogP contribution in [0.4, 0.5) is 8.78 Å². The lowest BCUT2D eigenvalue weighted by Gasteiger charge is -2.48. The Balaban J connectivity index is 3.36. The molecule has 0 aromatic heterocycles. The van der Waals surface area contributed by atoms with Crippen LogP contribution >= 0.6 is 0 Å². The number of rotatable bonds is 19. The number of nitrogens with one attached hydrogen (secondary N) is 1. The minimum atomic E-state index is -3.60. The molecule has 1 heterocycles. The zero-order valence-electron chi connectivity index (χ0n) is 23.1. The second-order valence-electron chi connectivity index (χ2n) is 9.45. The Kier molecular flexibility index (Phi) is 16.3. The fourth-order valence-electron chi connectivity index (χ4n) is 4.14. The van der Waals surface area contributed by atoms with E-state index in [1.54, 1.807) is 6.92 Å². The van der Waals surface area contributed by atoms with Crippen LogP contribution in [-0.2, 0) is 33.3 Å². The van der Waals surface area contributed by atoms with Crippen molar-refractivity contribution in [1.29, 1.82) is 0 Å². The maximum atomic E-state index is 15.8. The highest BCUT2D eigenvalue weighted by Crippen LogP contribution is 2.37. The van der Waals surface area contributed by atoms with Gasteiger partial charge in [0.25, 0.3) is 5.92 Å². The first-order valence-electron chi connectivity index (χ1n) is 13.7. The fraction of sp³-hybridized carbons (Fsp3) is 0.923. The van der Waals surface area contributed by atoms with Crippen molar-refractivity contribution in [1.82, 2.24) is 5.32 Å². The van der Waals surface area contributed by atoms with Gasteiger partial charge in [-0.2, -0.15) is 0 Å². The lowest BCUT2D eigenvalue weighted by molar-refractivity contribution is -0.271. The molecule has 6 atom stereocenters. The van der Waals surface area contributed by atoms with E-state index in [0.29, 0.717) is 26.2 Å². The normalized spacial score (nSPS) is 25.0. The molecule has 9 nitrogen and oxygen atoms in total. The number of unbranched alkanes of at least 4 members (excludes halogenated alkanes) is 3. The molecule has 1 rings (SSSR count). The van der Waals surface area contributed by atoms with E-state index in [9.17, 15) is 9.59 Å². The highest BCUT2D eigenvalue weighted by atomic mass is 19.3. The molecule has 1 aliphatic heterocycles. The van der Waals surface area contributed by atoms with Crippen LogP contribution in [0.25, 0.3) is 0 Å². The van der Waals surface area contributed by atoms with Gasteiger partial charge in [0, 0.05) is 33.2 Å². The molecule has 0 aromatic rings. The molecule has 1 aliphatic rings. The second-order valence-corrected chi connectivity index (χ2v) is 9.45. The van der Waals surface area contributed by atoms with E-state index in [4.69, 9.17) is 29.4 Å². The molecule has 0 aliphatic carbocycles. The molecule has 0 saturated carbocycles. The van der Waals surface area contributed by atoms with Crippen LogP contribution in [-0.4, -0.2) is 87.3 Å². The third-order valence-electron chi connectivity index (χ3n) is 6.10. The predicted molar refractivity (Wildman–Crippen MR) is 135 cm³/mol. The maximum absolute atomic E-state index is 15.8. The van der Waals surface area contributed by atoms with Crippen LogP contribution in [0.2, 0.25) is 0 Å². The second kappa shape index (κ2) is 18.0. The van der Waals surface area contributed by atoms with Crippen LogP contribution in [0.3, 0.4) is 0 Å². The average molecular weight is 539 g/mol. The predicted octanol–water partition coefficient (Wildman–Crippen LogP) is 3.36. The minimum Gasteiger partial charge on any atom is -0.465 e. The first-order valence-corrected chi connectivity index (χ1v) is 13.7. The van der Waals surface area contributed by atoms with Gasteiger partial charge in [-0.25, -0.2) is 8.78 Å². The summed E-state index contributed by atoms with van der Waals surface area (Å²) in [5.41, 5.74) is 5.75. The molecule has 0 spiro atoms. The van der Waals surface area contributed by atoms with Gasteiger partial charge in [-0.1, -0.05) is 40.0 Å². The Morgan fingerprint density at radius 3 is 2.08 bits per heavy atom. The molecule has 11 heteroatoms. The van der Waals surface area contributed by atoms with Gasteiger partial charge in [0.1, 0.15) is 30.5 Å². The molecular weight excluding hydrogens is 490 g/mol. The largest absolute Gasteiger partial charge is 0.465 e. The first kappa shape index (κ1) is 33.6. The summed E-state index contributed by atoms with van der Waals surface area (Å²) in [4.78, 5) is 24.1. The standard InChI is InChI=1S/C26H48F2N2O7/c1-6-10-13-33-17-20-22(35-14-11-7-2)23(36-15-12-8-3)21(30-18(5)31)24(37-20)26(27,28)16-19(29)25(32)34-9-4/h19-24H,6-17,29H2,1-5H3,(H,30,31)/t19-,20-,21-,22+,23-,24+/m1/s1. The summed E-state index contributed by atoms with van der Waals surface area (Å²) in [5.74, 6) is -5.04. The van der Waals surface area contributed by atoms with Gasteiger partial charge in [-0.15, -0.1) is 0 Å². The van der Waals surface area contributed by atoms with Crippen molar-refractivity contribution in [2.24, 2.45) is 5.73 Å². The monoisotopic (exact) mass is 538 g/mol. The van der Waals surface area contributed by atoms with Crippen molar-refractivity contribution < 1.29 is 42.1 Å². The topological polar surface area (TPSA) is 118 Å². The molecule has 0 aromatic carbocycles. The number of ether oxygens (including phenoxy) is 5. The number of esters is 1. The summed E-state index contributed by atoms with van der Waals surface area (Å²) in [6.45, 7) is 10.0. The van der Waals surface area contributed by atoms with Crippen LogP contribution in [0, 0.1) is 0 Å². The summed E-state index contributed by atoms with van der Waals surface area (Å²) >= 11 is 0. The van der Waals surface area contributed by atoms with Crippen molar-refractivity contribution in [3.63, 3.8) is 0 Å². The molecule has 218 valence electrons. The van der Waals surface area contributed by atoms with Gasteiger partial charge in [0.15, 0.2) is 0 Å². The third-order valence-corrected chi connectivity index (χ3v) is 6.10. The number of carbonyl (C=O) groups is 2. The van der Waals surface area contributed by atoms with E-state index in [1.807, 2.05) is 20.8 Å². The van der Waals surface area contributed by atoms with E-state index in [-0.39, 0.29) is 13.2 Å². The Morgan fingerprint density at radius 1 is 0.973 bits per heavy atom. The molecule has 1 amide bonds. The Labute approximate surface area is 220 Å². The van der Waals surface area contributed by atoms with Crippen molar-refractivity contribution in [2.75, 3.05) is 33.0 Å². The molecule has 1 saturated heterocycles. The quantitative estimate of drug-likeness (QED) is 0.190. The fourth-order valence-corrected chi connectivity index (χ4v) is 4.14. The van der Waals surface area contributed by atoms with Crippen molar-refractivity contribution in [2.45, 2.75) is 122 Å². The summed E-state index contributed by atoms with van der Waals surface area (Å²) < 4.78 is 60.3. The molecular formula is C26H48F2N2O7. The van der Waals surface area contributed by atoms with Crippen LogP contribution < -0.4 is 11.1 Å². The molecule has 0 radical (unpaired) electrons. The number of hydrogen-bond donors (Lipinski definition) is 2. The third kappa shape index (κ3) is 11.5. The molecule has 0 unspecified atom stereocenters. The van der Waals surface area contributed by atoms with E-state index in [0.717, 1.165) is 32.1 Å². The van der Waals surface area contributed by atoms with Crippen molar-refractivity contribution in [3.05, 3.63) is 0 Å². The lowest BCUT2D eigenvalue weighted by atomic mass is 9.87. The summed E-state index contributed by atoms with van der Waals surface area (Å²) in [6.07, 6.45) is -0.453. The number of carbonyl (C=O) groups excluding carboxylic acids is 2. The first-order chi connectivity index (χ1) is 17.6. The van der Waals surface area contributed by atoms with Crippen molar-refractivity contribution >= 4 is 11.9 Å². The minimum absolute atomic E-state index is 0.0216. The molecule has 0 bridgehead atoms. The van der Waals surface area contributed by atoms with E-state index in [1.165, 1.54) is 6.92 Å². The van der Waals surface area contributed by atoms with Gasteiger partial charge < -0.3 is 34.7 Å². The number of hydrogen-bond acceptors (Lipinski definition) is 8. The zero-order valence-corrected chi connectivity index (χ0v) is 23.1. The molecule has 37 heavy (non-hydrogen) atoms. The Hall–Kier alpha value is -1.40. The van der Waals surface area contributed by atoms with Crippen LogP contribution in [0.5, 0.6) is 0 Å². The smallest absolute Gasteiger partial charge is 0.323 e. The Morgan fingerprint density at radius 2 is 1.54 bits per heavy atom. The van der Waals surface area contributed by atoms with E-state index in [2.05, 4.69) is 5.32 Å². The SMILES string of the molecule is CCCCOC[C@H]1O[C@H](C(F)(F)C[C@@H](N)C(=O)OCC)[C@H](NC(C)=O)[C@@H](OCCCC)[C@H]1OCCCC. The lowest BCUT2D eigenvalue weighted by Crippen LogP contribution is -2.69. The highest BCUT2D eigenvalue weighted by Gasteiger charge is 2.57. The van der Waals surface area contributed by atoms with E-state index < -0.39 is 60.7 Å². The van der Waals surface area contributed by atoms with E-state index >= 15 is 8.78 Å². The number of nitrogens with two attached hydrogens (primary N) is 1. The average Bonchev–Trinajstić information content (AvgIpc) is 2.83. The molecule has 3 N–H and O–H groups in total. The van der Waals surface area contributed by atoms with Gasteiger partial charge in [0.05, 0.1) is 19.3 Å². The van der Waals surface area contributed by atoms with Crippen LogP contribution in [0.15, 0.2) is 0 Å². The van der Waals surface area contributed by atoms with Crippen molar-refractivity contribution in [3.8, 4) is 0 Å². The highest BCUT2D eigenvalue weighted by molar-refractivity contribution is 5.75. The van der Waals surface area contributed by atoms with Gasteiger partial charge in [-0.3, -0.25) is 9.59 Å². The number of halogens is 2. The van der Waals surface area contributed by atoms with Gasteiger partial charge in [-0.05, 0) is 26.2 Å². The molecule has 1 fully saturated rings. The summed E-state index contributed by atoms with van der Waals surface area (Å²) in [6, 6.07) is -2.80. The summed E-state index contributed by atoms with van der Waals surface area (Å²) in [5, 5.41) is 2.61. The number of alkyl halides is 2. The Bertz CT molecular complexity index is 656. The van der Waals surface area contributed by atoms with Gasteiger partial charge >= 0.3 is 5.97 Å². The maximum Gasteiger partial charge on any atom is 0.323 e. The van der Waals surface area contributed by atoms with Crippen LogP contribution in [0.1, 0.15) is 79.6 Å². The zero-order chi connectivity index (χ0) is 27.8. The summed E-state index contributed by atoms with van der Waals surface area (Å²) in [7, 11) is 0.